The van der Waals surface area contributed by atoms with Crippen molar-refractivity contribution in [2.75, 3.05) is 0 Å². The van der Waals surface area contributed by atoms with Crippen molar-refractivity contribution < 1.29 is 4.55 Å². The van der Waals surface area contributed by atoms with E-state index in [1.54, 1.807) is 0 Å². The van der Waals surface area contributed by atoms with Crippen LogP contribution in [0.3, 0.4) is 0 Å². The Morgan fingerprint density at radius 2 is 1.00 bits per heavy atom. The molecule has 0 fully saturated rings. The summed E-state index contributed by atoms with van der Waals surface area (Å²) in [7, 11) is 0. The van der Waals surface area contributed by atoms with Crippen LogP contribution in [-0.2, 0) is 0 Å². The molecule has 0 bridgehead atoms. The molecule has 0 unspecified atom stereocenters. The maximum atomic E-state index is 10.1. The molecule has 0 aliphatic rings. The van der Waals surface area contributed by atoms with Crippen LogP contribution in [-0.4, -0.2) is 4.55 Å². The molecule has 14 heavy (non-hydrogen) atoms. The van der Waals surface area contributed by atoms with Gasteiger partial charge in [-0.25, -0.2) is 0 Å². The first kappa shape index (κ1) is 9.31. The Balaban J connectivity index is 2.30. The Kier molecular flexibility index (Phi) is 2.87. The first-order valence-electron chi connectivity index (χ1n) is 4.47. The van der Waals surface area contributed by atoms with E-state index in [2.05, 4.69) is 0 Å². The van der Waals surface area contributed by atoms with Gasteiger partial charge in [-0.1, -0.05) is 47.6 Å². The molecule has 0 aromatic heterocycles. The fourth-order valence-corrected chi connectivity index (χ4v) is 2.49. The molecular weight excluding hydrogens is 192 g/mol. The largest absolute Gasteiger partial charge is 0.346 e. The van der Waals surface area contributed by atoms with Gasteiger partial charge in [0, 0.05) is 9.79 Å². The first-order valence-corrected chi connectivity index (χ1v) is 5.76. The Bertz CT molecular complexity index is 346. The lowest BCUT2D eigenvalue weighted by Gasteiger charge is -2.14. The summed E-state index contributed by atoms with van der Waals surface area (Å²) < 4.78 is 10.1. The van der Waals surface area contributed by atoms with Crippen molar-refractivity contribution in [2.45, 2.75) is 9.79 Å². The predicted molar refractivity (Wildman–Crippen MR) is 61.0 cm³/mol. The zero-order chi connectivity index (χ0) is 9.80. The van der Waals surface area contributed by atoms with Gasteiger partial charge in [-0.15, -0.1) is 0 Å². The second kappa shape index (κ2) is 4.31. The summed E-state index contributed by atoms with van der Waals surface area (Å²) in [5.74, 6) is 0. The van der Waals surface area contributed by atoms with Gasteiger partial charge in [0.05, 0.1) is 0 Å². The molecule has 0 amide bonds. The monoisotopic (exact) mass is 204 g/mol. The average Bonchev–Trinajstić information content (AvgIpc) is 2.30. The number of benzene rings is 2. The van der Waals surface area contributed by atoms with Crippen LogP contribution in [0.2, 0.25) is 0 Å². The lowest BCUT2D eigenvalue weighted by atomic mass is 10.4. The summed E-state index contributed by atoms with van der Waals surface area (Å²) in [6.07, 6.45) is 0. The van der Waals surface area contributed by atoms with Gasteiger partial charge >= 0.3 is 0 Å². The van der Waals surface area contributed by atoms with Crippen molar-refractivity contribution in [1.29, 1.82) is 0 Å². The molecule has 2 heteroatoms. The van der Waals surface area contributed by atoms with E-state index in [-0.39, 0.29) is 0 Å². The van der Waals surface area contributed by atoms with Gasteiger partial charge < -0.3 is 4.55 Å². The summed E-state index contributed by atoms with van der Waals surface area (Å²) >= 11 is -1.17. The van der Waals surface area contributed by atoms with Crippen LogP contribution < -0.4 is 0 Å². The second-order valence-electron chi connectivity index (χ2n) is 2.98. The van der Waals surface area contributed by atoms with E-state index in [1.165, 1.54) is 0 Å². The summed E-state index contributed by atoms with van der Waals surface area (Å²) in [6.45, 7) is 0. The minimum absolute atomic E-state index is 0.994. The van der Waals surface area contributed by atoms with Crippen LogP contribution in [0.4, 0.5) is 0 Å². The first-order chi connectivity index (χ1) is 6.88. The Labute approximate surface area is 86.6 Å². The molecule has 1 N–H and O–H groups in total. The Hall–Kier alpha value is -1.25. The summed E-state index contributed by atoms with van der Waals surface area (Å²) in [4.78, 5) is 1.99. The molecule has 0 spiro atoms. The maximum Gasteiger partial charge on any atom is 0.0141 e. The van der Waals surface area contributed by atoms with E-state index in [4.69, 9.17) is 0 Å². The lowest BCUT2D eigenvalue weighted by molar-refractivity contribution is 0.645. The van der Waals surface area contributed by atoms with Crippen LogP contribution in [0.25, 0.3) is 0 Å². The molecule has 0 atom stereocenters. The van der Waals surface area contributed by atoms with E-state index < -0.39 is 11.2 Å². The van der Waals surface area contributed by atoms with Crippen LogP contribution in [0.15, 0.2) is 70.5 Å². The highest BCUT2D eigenvalue weighted by molar-refractivity contribution is 8.12. The van der Waals surface area contributed by atoms with E-state index in [0.29, 0.717) is 0 Å². The minimum Gasteiger partial charge on any atom is -0.346 e. The molecular formula is C12H12OS. The average molecular weight is 204 g/mol. The van der Waals surface area contributed by atoms with Gasteiger partial charge in [0.2, 0.25) is 0 Å². The molecule has 0 radical (unpaired) electrons. The number of hydrogen-bond donors (Lipinski definition) is 2. The van der Waals surface area contributed by atoms with E-state index in [1.807, 2.05) is 60.7 Å². The molecule has 2 aromatic carbocycles. The highest BCUT2D eigenvalue weighted by atomic mass is 32.2. The molecule has 2 aromatic rings. The second-order valence-corrected chi connectivity index (χ2v) is 4.64. The van der Waals surface area contributed by atoms with Gasteiger partial charge in [-0.2, -0.15) is 0 Å². The summed E-state index contributed by atoms with van der Waals surface area (Å²) in [6, 6.07) is 19.5. The third kappa shape index (κ3) is 1.97. The SMILES string of the molecule is O[SH](c1ccccc1)c1ccccc1. The van der Waals surface area contributed by atoms with Gasteiger partial charge in [0.25, 0.3) is 0 Å². The summed E-state index contributed by atoms with van der Waals surface area (Å²) in [5, 5.41) is 0. The number of hydrogen-bond acceptors (Lipinski definition) is 1. The quantitative estimate of drug-likeness (QED) is 0.716. The predicted octanol–water partition coefficient (Wildman–Crippen LogP) is 3.58. The zero-order valence-corrected chi connectivity index (χ0v) is 8.56. The summed E-state index contributed by atoms with van der Waals surface area (Å²) in [5.41, 5.74) is 0. The fraction of sp³-hybridized carbons (Fsp3) is 0. The van der Waals surface area contributed by atoms with Crippen molar-refractivity contribution in [1.82, 2.24) is 0 Å². The lowest BCUT2D eigenvalue weighted by Crippen LogP contribution is -1.82. The van der Waals surface area contributed by atoms with Crippen molar-refractivity contribution in [3.8, 4) is 0 Å². The van der Waals surface area contributed by atoms with Crippen molar-refractivity contribution in [3.05, 3.63) is 60.7 Å². The maximum absolute atomic E-state index is 10.1. The third-order valence-corrected chi connectivity index (χ3v) is 3.58. The molecule has 0 aliphatic heterocycles. The van der Waals surface area contributed by atoms with Crippen LogP contribution in [0.1, 0.15) is 0 Å². The van der Waals surface area contributed by atoms with Crippen LogP contribution in [0, 0.1) is 0 Å². The van der Waals surface area contributed by atoms with Gasteiger partial charge in [0.1, 0.15) is 0 Å². The number of thiol groups is 1. The van der Waals surface area contributed by atoms with Crippen molar-refractivity contribution in [2.24, 2.45) is 0 Å². The highest BCUT2D eigenvalue weighted by Gasteiger charge is 2.03. The fourth-order valence-electron chi connectivity index (χ4n) is 1.29. The number of rotatable bonds is 2. The van der Waals surface area contributed by atoms with Gasteiger partial charge in [-0.05, 0) is 24.3 Å². The molecule has 72 valence electrons. The Morgan fingerprint density at radius 1 is 0.643 bits per heavy atom. The minimum atomic E-state index is -1.17. The highest BCUT2D eigenvalue weighted by Crippen LogP contribution is 2.39. The Morgan fingerprint density at radius 3 is 1.36 bits per heavy atom. The standard InChI is InChI=1S/C12H12OS/c13-14(11-7-3-1-4-8-11)12-9-5-2-6-10-12/h1-10,13-14H. The molecule has 0 heterocycles. The van der Waals surface area contributed by atoms with Crippen molar-refractivity contribution in [3.63, 3.8) is 0 Å². The van der Waals surface area contributed by atoms with E-state index >= 15 is 0 Å². The third-order valence-electron chi connectivity index (χ3n) is 2.00. The zero-order valence-electron chi connectivity index (χ0n) is 7.67. The smallest absolute Gasteiger partial charge is 0.0141 e. The topological polar surface area (TPSA) is 20.2 Å². The molecule has 0 saturated heterocycles. The van der Waals surface area contributed by atoms with E-state index in [9.17, 15) is 4.55 Å². The molecule has 0 aliphatic carbocycles. The molecule has 1 nitrogen and oxygen atoms in total. The van der Waals surface area contributed by atoms with Gasteiger partial charge in [-0.3, -0.25) is 0 Å². The van der Waals surface area contributed by atoms with Gasteiger partial charge in [0.15, 0.2) is 0 Å². The van der Waals surface area contributed by atoms with Crippen LogP contribution in [0.5, 0.6) is 0 Å². The van der Waals surface area contributed by atoms with Crippen molar-refractivity contribution >= 4 is 11.2 Å². The molecule has 2 rings (SSSR count). The van der Waals surface area contributed by atoms with E-state index in [0.717, 1.165) is 9.79 Å². The van der Waals surface area contributed by atoms with Crippen LogP contribution >= 0.6 is 11.2 Å². The molecule has 0 saturated carbocycles. The normalized spacial score (nSPS) is 11.1.